The van der Waals surface area contributed by atoms with Gasteiger partial charge in [-0.05, 0) is 56.0 Å². The number of nitrogens with one attached hydrogen (secondary N) is 2. The number of benzene rings is 1. The lowest BCUT2D eigenvalue weighted by atomic mass is 9.87. The van der Waals surface area contributed by atoms with Crippen LogP contribution in [0.25, 0.3) is 0 Å². The first kappa shape index (κ1) is 25.7. The molecule has 37 heavy (non-hydrogen) atoms. The smallest absolute Gasteiger partial charge is 0.474 e. The van der Waals surface area contributed by atoms with Crippen molar-refractivity contribution in [1.29, 1.82) is 0 Å². The number of pyridine rings is 1. The Hall–Kier alpha value is -4.36. The summed E-state index contributed by atoms with van der Waals surface area (Å²) in [6, 6.07) is 7.89. The van der Waals surface area contributed by atoms with Gasteiger partial charge in [0.15, 0.2) is 0 Å². The second kappa shape index (κ2) is 11.1. The zero-order valence-corrected chi connectivity index (χ0v) is 19.4. The standard InChI is InChI=1S/C23H22F3N5O6/c1-34-21(33)13-2-7-16(8-3-13)35-18-11-6-15(12-27-18)28-19(32)20-30-31-22(36-20)29-14-4-9-17(10-5-14)37-23(24,25)26/h4-6,9-13,16H,2-3,7-8H2,1H3,(H,28,32)(H,29,31). The first-order valence-corrected chi connectivity index (χ1v) is 11.2. The Bertz CT molecular complexity index is 1210. The van der Waals surface area contributed by atoms with Crippen molar-refractivity contribution in [2.45, 2.75) is 38.1 Å². The van der Waals surface area contributed by atoms with Crippen LogP contribution in [-0.4, -0.2) is 46.6 Å². The fourth-order valence-corrected chi connectivity index (χ4v) is 3.69. The van der Waals surface area contributed by atoms with Gasteiger partial charge in [0, 0.05) is 11.8 Å². The van der Waals surface area contributed by atoms with Crippen LogP contribution in [0.1, 0.15) is 36.4 Å². The third kappa shape index (κ3) is 7.32. The van der Waals surface area contributed by atoms with Gasteiger partial charge in [-0.3, -0.25) is 9.59 Å². The van der Waals surface area contributed by atoms with Crippen molar-refractivity contribution < 1.29 is 41.4 Å². The number of nitrogens with zero attached hydrogens (tertiary/aromatic N) is 3. The van der Waals surface area contributed by atoms with E-state index in [0.717, 1.165) is 12.1 Å². The number of hydrogen-bond acceptors (Lipinski definition) is 10. The highest BCUT2D eigenvalue weighted by atomic mass is 19.4. The molecule has 196 valence electrons. The molecular formula is C23H22F3N5O6. The molecule has 14 heteroatoms. The molecule has 1 saturated carbocycles. The minimum absolute atomic E-state index is 0.0634. The van der Waals surface area contributed by atoms with E-state index in [9.17, 15) is 22.8 Å². The number of halogens is 3. The molecule has 1 fully saturated rings. The Labute approximate surface area is 208 Å². The lowest BCUT2D eigenvalue weighted by Gasteiger charge is -2.27. The van der Waals surface area contributed by atoms with E-state index in [0.29, 0.717) is 42.9 Å². The van der Waals surface area contributed by atoms with E-state index in [-0.39, 0.29) is 35.6 Å². The number of amides is 1. The van der Waals surface area contributed by atoms with Crippen LogP contribution in [0.4, 0.5) is 30.6 Å². The van der Waals surface area contributed by atoms with Crippen molar-refractivity contribution in [3.05, 3.63) is 48.5 Å². The molecule has 1 aliphatic carbocycles. The number of alkyl halides is 3. The van der Waals surface area contributed by atoms with E-state index in [1.165, 1.54) is 25.4 Å². The van der Waals surface area contributed by atoms with Crippen molar-refractivity contribution >= 4 is 29.3 Å². The summed E-state index contributed by atoms with van der Waals surface area (Å²) in [5.41, 5.74) is 0.698. The van der Waals surface area contributed by atoms with Crippen LogP contribution in [0.3, 0.4) is 0 Å². The number of hydrogen-bond donors (Lipinski definition) is 2. The van der Waals surface area contributed by atoms with Crippen LogP contribution in [-0.2, 0) is 9.53 Å². The Morgan fingerprint density at radius 2 is 1.70 bits per heavy atom. The average Bonchev–Trinajstić information content (AvgIpc) is 3.34. The van der Waals surface area contributed by atoms with Gasteiger partial charge in [0.05, 0.1) is 24.9 Å². The zero-order valence-electron chi connectivity index (χ0n) is 19.4. The number of esters is 1. The van der Waals surface area contributed by atoms with Crippen molar-refractivity contribution in [3.8, 4) is 11.6 Å². The number of aromatic nitrogens is 3. The summed E-state index contributed by atoms with van der Waals surface area (Å²) in [4.78, 5) is 28.2. The number of ether oxygens (including phenoxy) is 3. The molecule has 0 aliphatic heterocycles. The molecule has 1 aromatic carbocycles. The predicted octanol–water partition coefficient (Wildman–Crippen LogP) is 4.47. The van der Waals surface area contributed by atoms with Crippen molar-refractivity contribution in [2.24, 2.45) is 5.92 Å². The van der Waals surface area contributed by atoms with Gasteiger partial charge in [0.25, 0.3) is 0 Å². The van der Waals surface area contributed by atoms with Crippen molar-refractivity contribution in [3.63, 3.8) is 0 Å². The second-order valence-electron chi connectivity index (χ2n) is 8.06. The van der Waals surface area contributed by atoms with Crippen LogP contribution in [0.5, 0.6) is 11.6 Å². The van der Waals surface area contributed by atoms with Gasteiger partial charge in [0.1, 0.15) is 11.9 Å². The van der Waals surface area contributed by atoms with E-state index >= 15 is 0 Å². The highest BCUT2D eigenvalue weighted by Crippen LogP contribution is 2.28. The number of anilines is 3. The van der Waals surface area contributed by atoms with Gasteiger partial charge in [-0.2, -0.15) is 0 Å². The SMILES string of the molecule is COC(=O)C1CCC(Oc2ccc(NC(=O)c3nnc(Nc4ccc(OC(F)(F)F)cc4)o3)cn2)CC1. The molecule has 0 saturated heterocycles. The largest absolute Gasteiger partial charge is 0.573 e. The lowest BCUT2D eigenvalue weighted by Crippen LogP contribution is -2.28. The molecule has 0 radical (unpaired) electrons. The summed E-state index contributed by atoms with van der Waals surface area (Å²) < 4.78 is 56.5. The average molecular weight is 521 g/mol. The molecule has 4 rings (SSSR count). The van der Waals surface area contributed by atoms with Gasteiger partial charge in [-0.1, -0.05) is 5.10 Å². The lowest BCUT2D eigenvalue weighted by molar-refractivity contribution is -0.274. The highest BCUT2D eigenvalue weighted by Gasteiger charge is 2.31. The third-order valence-electron chi connectivity index (χ3n) is 5.45. The maximum atomic E-state index is 12.4. The highest BCUT2D eigenvalue weighted by molar-refractivity contribution is 6.00. The maximum Gasteiger partial charge on any atom is 0.573 e. The summed E-state index contributed by atoms with van der Waals surface area (Å²) in [5, 5.41) is 12.6. The van der Waals surface area contributed by atoms with E-state index in [2.05, 4.69) is 30.6 Å². The van der Waals surface area contributed by atoms with Gasteiger partial charge >= 0.3 is 30.1 Å². The molecule has 11 nitrogen and oxygen atoms in total. The topological polar surface area (TPSA) is 138 Å². The Morgan fingerprint density at radius 1 is 1.00 bits per heavy atom. The molecule has 1 aliphatic rings. The van der Waals surface area contributed by atoms with Crippen LogP contribution in [0.15, 0.2) is 47.0 Å². The summed E-state index contributed by atoms with van der Waals surface area (Å²) in [6.07, 6.45) is -0.662. The Balaban J connectivity index is 1.26. The van der Waals surface area contributed by atoms with Gasteiger partial charge in [0.2, 0.25) is 5.88 Å². The molecule has 3 aromatic rings. The molecule has 2 aromatic heterocycles. The fourth-order valence-electron chi connectivity index (χ4n) is 3.69. The van der Waals surface area contributed by atoms with Crippen LogP contribution < -0.4 is 20.1 Å². The molecule has 0 unspecified atom stereocenters. The monoisotopic (exact) mass is 521 g/mol. The Morgan fingerprint density at radius 3 is 2.32 bits per heavy atom. The van der Waals surface area contributed by atoms with Crippen LogP contribution in [0.2, 0.25) is 0 Å². The first-order valence-electron chi connectivity index (χ1n) is 11.2. The number of methoxy groups -OCH3 is 1. The van der Waals surface area contributed by atoms with Gasteiger partial charge in [-0.25, -0.2) is 4.98 Å². The summed E-state index contributed by atoms with van der Waals surface area (Å²) >= 11 is 0. The van der Waals surface area contributed by atoms with Gasteiger partial charge < -0.3 is 29.3 Å². The second-order valence-corrected chi connectivity index (χ2v) is 8.06. The predicted molar refractivity (Wildman–Crippen MR) is 121 cm³/mol. The Kier molecular flexibility index (Phi) is 7.74. The van der Waals surface area contributed by atoms with E-state index in [1.807, 2.05) is 0 Å². The number of carbonyl (C=O) groups excluding carboxylic acids is 2. The minimum Gasteiger partial charge on any atom is -0.474 e. The van der Waals surface area contributed by atoms with Crippen LogP contribution in [0, 0.1) is 5.92 Å². The van der Waals surface area contributed by atoms with Crippen LogP contribution >= 0.6 is 0 Å². The first-order chi connectivity index (χ1) is 17.7. The zero-order chi connectivity index (χ0) is 26.4. The maximum absolute atomic E-state index is 12.4. The number of rotatable bonds is 8. The van der Waals surface area contributed by atoms with Gasteiger partial charge in [-0.15, -0.1) is 18.3 Å². The van der Waals surface area contributed by atoms with Crippen molar-refractivity contribution in [1.82, 2.24) is 15.2 Å². The summed E-state index contributed by atoms with van der Waals surface area (Å²) in [7, 11) is 1.38. The molecule has 0 atom stereocenters. The molecule has 1 amide bonds. The van der Waals surface area contributed by atoms with E-state index in [4.69, 9.17) is 13.9 Å². The minimum atomic E-state index is -4.79. The normalized spacial score (nSPS) is 17.5. The summed E-state index contributed by atoms with van der Waals surface area (Å²) in [5.74, 6) is -1.34. The molecule has 2 N–H and O–H groups in total. The fraction of sp³-hybridized carbons (Fsp3) is 0.348. The quantitative estimate of drug-likeness (QED) is 0.408. The number of carbonyl (C=O) groups is 2. The molecule has 0 bridgehead atoms. The van der Waals surface area contributed by atoms with Crippen molar-refractivity contribution in [2.75, 3.05) is 17.7 Å². The third-order valence-corrected chi connectivity index (χ3v) is 5.45. The molecule has 0 spiro atoms. The van der Waals surface area contributed by atoms with E-state index < -0.39 is 12.3 Å². The van der Waals surface area contributed by atoms with E-state index in [1.54, 1.807) is 12.1 Å². The summed E-state index contributed by atoms with van der Waals surface area (Å²) in [6.45, 7) is 0. The molecular weight excluding hydrogens is 499 g/mol. The molecule has 2 heterocycles.